The Kier molecular flexibility index (Phi) is 3.35. The fourth-order valence-corrected chi connectivity index (χ4v) is 2.13. The number of halogens is 1. The number of nitrogens with zero attached hydrogens (tertiary/aromatic N) is 2. The van der Waals surface area contributed by atoms with Gasteiger partial charge >= 0.3 is 0 Å². The molecule has 2 rings (SSSR count). The van der Waals surface area contributed by atoms with Crippen LogP contribution in [0.3, 0.4) is 0 Å². The monoisotopic (exact) mass is 300 g/mol. The first-order valence-electron chi connectivity index (χ1n) is 4.66. The van der Waals surface area contributed by atoms with Crippen molar-refractivity contribution < 1.29 is 4.79 Å². The molecule has 2 heterocycles. The van der Waals surface area contributed by atoms with Gasteiger partial charge in [0.1, 0.15) is 10.7 Å². The maximum Gasteiger partial charge on any atom is 0.273 e. The molecule has 0 saturated carbocycles. The van der Waals surface area contributed by atoms with Gasteiger partial charge in [0.15, 0.2) is 0 Å². The smallest absolute Gasteiger partial charge is 0.273 e. The zero-order valence-corrected chi connectivity index (χ0v) is 10.9. The summed E-state index contributed by atoms with van der Waals surface area (Å²) in [7, 11) is 0. The minimum Gasteiger partial charge on any atom is -0.356 e. The van der Waals surface area contributed by atoms with Crippen molar-refractivity contribution in [1.82, 2.24) is 15.2 Å². The number of aryl methyl sites for hydroxylation is 1. The van der Waals surface area contributed by atoms with Gasteiger partial charge in [-0.25, -0.2) is 0 Å². The van der Waals surface area contributed by atoms with Gasteiger partial charge in [-0.15, -0.1) is 10.2 Å². The van der Waals surface area contributed by atoms with Crippen LogP contribution in [0.1, 0.15) is 22.4 Å². The number of H-pyrrole nitrogens is 1. The summed E-state index contributed by atoms with van der Waals surface area (Å²) in [5.41, 5.74) is 0.486. The number of hydrogen-bond acceptors (Lipinski definition) is 4. The highest BCUT2D eigenvalue weighted by Crippen LogP contribution is 2.17. The molecule has 0 aliphatic heterocycles. The fraction of sp³-hybridized carbons (Fsp3) is 0.222. The number of amides is 1. The molecule has 0 aliphatic carbocycles. The van der Waals surface area contributed by atoms with Crippen LogP contribution in [0.4, 0.5) is 5.13 Å². The van der Waals surface area contributed by atoms with E-state index in [9.17, 15) is 4.79 Å². The third-order valence-electron chi connectivity index (χ3n) is 1.88. The van der Waals surface area contributed by atoms with Gasteiger partial charge in [0.2, 0.25) is 5.13 Å². The molecule has 0 fully saturated rings. The van der Waals surface area contributed by atoms with Crippen molar-refractivity contribution >= 4 is 38.3 Å². The molecular weight excluding hydrogens is 292 g/mol. The summed E-state index contributed by atoms with van der Waals surface area (Å²) in [6.45, 7) is 1.99. The fourth-order valence-electron chi connectivity index (χ4n) is 1.11. The number of aromatic amines is 1. The average molecular weight is 301 g/mol. The van der Waals surface area contributed by atoms with E-state index < -0.39 is 0 Å². The number of rotatable bonds is 3. The average Bonchev–Trinajstić information content (AvgIpc) is 2.87. The molecule has 0 saturated heterocycles. The highest BCUT2D eigenvalue weighted by molar-refractivity contribution is 9.10. The maximum atomic E-state index is 11.7. The molecule has 5 nitrogen and oxygen atoms in total. The van der Waals surface area contributed by atoms with E-state index in [4.69, 9.17) is 0 Å². The van der Waals surface area contributed by atoms with E-state index in [0.717, 1.165) is 15.9 Å². The van der Waals surface area contributed by atoms with Gasteiger partial charge < -0.3 is 4.98 Å². The van der Waals surface area contributed by atoms with Crippen molar-refractivity contribution in [1.29, 1.82) is 0 Å². The van der Waals surface area contributed by atoms with Crippen LogP contribution in [-0.2, 0) is 6.42 Å². The topological polar surface area (TPSA) is 70.7 Å². The van der Waals surface area contributed by atoms with Crippen LogP contribution >= 0.6 is 27.3 Å². The predicted molar refractivity (Wildman–Crippen MR) is 65.7 cm³/mol. The van der Waals surface area contributed by atoms with Crippen LogP contribution in [0.25, 0.3) is 0 Å². The second-order valence-electron chi connectivity index (χ2n) is 3.04. The molecule has 2 N–H and O–H groups in total. The number of aromatic nitrogens is 3. The van der Waals surface area contributed by atoms with Gasteiger partial charge in [-0.05, 0) is 28.4 Å². The molecule has 84 valence electrons. The van der Waals surface area contributed by atoms with E-state index in [0.29, 0.717) is 10.8 Å². The zero-order chi connectivity index (χ0) is 11.5. The zero-order valence-electron chi connectivity index (χ0n) is 8.45. The molecule has 16 heavy (non-hydrogen) atoms. The van der Waals surface area contributed by atoms with E-state index in [1.165, 1.54) is 11.3 Å². The molecule has 0 radical (unpaired) electrons. The normalized spacial score (nSPS) is 10.4. The molecule has 0 atom stereocenters. The lowest BCUT2D eigenvalue weighted by Crippen LogP contribution is -2.11. The van der Waals surface area contributed by atoms with Gasteiger partial charge in [-0.3, -0.25) is 10.1 Å². The lowest BCUT2D eigenvalue weighted by molar-refractivity contribution is 0.102. The van der Waals surface area contributed by atoms with E-state index in [1.807, 2.05) is 6.92 Å². The van der Waals surface area contributed by atoms with Crippen molar-refractivity contribution in [3.05, 3.63) is 27.4 Å². The van der Waals surface area contributed by atoms with Crippen molar-refractivity contribution in [2.75, 3.05) is 5.32 Å². The maximum absolute atomic E-state index is 11.7. The largest absolute Gasteiger partial charge is 0.356 e. The molecule has 0 aromatic carbocycles. The molecule has 2 aromatic rings. The first-order chi connectivity index (χ1) is 7.69. The Morgan fingerprint density at radius 3 is 3.00 bits per heavy atom. The van der Waals surface area contributed by atoms with Crippen molar-refractivity contribution in [2.24, 2.45) is 0 Å². The summed E-state index contributed by atoms with van der Waals surface area (Å²) in [4.78, 5) is 14.5. The third kappa shape index (κ3) is 2.48. The first-order valence-corrected chi connectivity index (χ1v) is 6.27. The molecule has 0 bridgehead atoms. The summed E-state index contributed by atoms with van der Waals surface area (Å²) in [6, 6.07) is 1.71. The molecule has 0 aliphatic rings. The van der Waals surface area contributed by atoms with Crippen LogP contribution in [0.5, 0.6) is 0 Å². The Morgan fingerprint density at radius 1 is 1.62 bits per heavy atom. The van der Waals surface area contributed by atoms with Crippen LogP contribution in [0.15, 0.2) is 16.7 Å². The standard InChI is InChI=1S/C9H9BrN4OS/c1-2-7-13-14-9(16-7)12-8(15)6-3-5(10)4-11-6/h3-4,11H,2H2,1H3,(H,12,14,15). The molecular formula is C9H9BrN4OS. The quantitative estimate of drug-likeness (QED) is 0.914. The second kappa shape index (κ2) is 4.75. The molecule has 7 heteroatoms. The first kappa shape index (κ1) is 11.3. The van der Waals surface area contributed by atoms with Crippen molar-refractivity contribution in [3.8, 4) is 0 Å². The van der Waals surface area contributed by atoms with E-state index in [-0.39, 0.29) is 5.91 Å². The van der Waals surface area contributed by atoms with Gasteiger partial charge in [-0.2, -0.15) is 0 Å². The Bertz CT molecular complexity index is 507. The SMILES string of the molecule is CCc1nnc(NC(=O)c2cc(Br)c[nH]2)s1. The van der Waals surface area contributed by atoms with Crippen LogP contribution in [0, 0.1) is 0 Å². The van der Waals surface area contributed by atoms with Gasteiger partial charge in [-0.1, -0.05) is 18.3 Å². The summed E-state index contributed by atoms with van der Waals surface area (Å²) in [5.74, 6) is -0.218. The number of carbonyl (C=O) groups is 1. The second-order valence-corrected chi connectivity index (χ2v) is 5.02. The van der Waals surface area contributed by atoms with Gasteiger partial charge in [0.25, 0.3) is 5.91 Å². The van der Waals surface area contributed by atoms with Crippen LogP contribution < -0.4 is 5.32 Å². The lowest BCUT2D eigenvalue weighted by atomic mass is 10.4. The Morgan fingerprint density at radius 2 is 2.44 bits per heavy atom. The molecule has 0 unspecified atom stereocenters. The number of anilines is 1. The van der Waals surface area contributed by atoms with E-state index in [1.54, 1.807) is 12.3 Å². The van der Waals surface area contributed by atoms with Crippen molar-refractivity contribution in [3.63, 3.8) is 0 Å². The molecule has 0 spiro atoms. The summed E-state index contributed by atoms with van der Waals surface area (Å²) in [6.07, 6.45) is 2.52. The molecule has 2 aromatic heterocycles. The predicted octanol–water partition coefficient (Wildman–Crippen LogP) is 2.44. The van der Waals surface area contributed by atoms with Crippen molar-refractivity contribution in [2.45, 2.75) is 13.3 Å². The van der Waals surface area contributed by atoms with Crippen LogP contribution in [0.2, 0.25) is 0 Å². The number of carbonyl (C=O) groups excluding carboxylic acids is 1. The Balaban J connectivity index is 2.07. The highest BCUT2D eigenvalue weighted by atomic mass is 79.9. The summed E-state index contributed by atoms with van der Waals surface area (Å²) >= 11 is 4.65. The van der Waals surface area contributed by atoms with E-state index in [2.05, 4.69) is 36.4 Å². The highest BCUT2D eigenvalue weighted by Gasteiger charge is 2.10. The minimum absolute atomic E-state index is 0.218. The lowest BCUT2D eigenvalue weighted by Gasteiger charge is -1.96. The number of hydrogen-bond donors (Lipinski definition) is 2. The third-order valence-corrected chi connectivity index (χ3v) is 3.32. The van der Waals surface area contributed by atoms with Crippen LogP contribution in [-0.4, -0.2) is 21.1 Å². The summed E-state index contributed by atoms with van der Waals surface area (Å²) in [5, 5.41) is 11.9. The minimum atomic E-state index is -0.218. The van der Waals surface area contributed by atoms with Gasteiger partial charge in [0.05, 0.1) is 0 Å². The summed E-state index contributed by atoms with van der Waals surface area (Å²) < 4.78 is 0.837. The van der Waals surface area contributed by atoms with E-state index >= 15 is 0 Å². The number of nitrogens with one attached hydrogen (secondary N) is 2. The Hall–Kier alpha value is -1.21. The molecule has 1 amide bonds. The Labute approximate surface area is 104 Å². The van der Waals surface area contributed by atoms with Gasteiger partial charge in [0, 0.05) is 10.7 Å².